The van der Waals surface area contributed by atoms with Crippen molar-refractivity contribution in [3.05, 3.63) is 82.5 Å². The lowest BCUT2D eigenvalue weighted by atomic mass is 9.95. The number of unbranched alkanes of at least 4 members (excludes halogenated alkanes) is 1. The van der Waals surface area contributed by atoms with E-state index in [0.717, 1.165) is 60.4 Å². The minimum atomic E-state index is -0.260. The molecule has 0 fully saturated rings. The smallest absolute Gasteiger partial charge is 0.233 e. The highest BCUT2D eigenvalue weighted by molar-refractivity contribution is 7.15. The van der Waals surface area contributed by atoms with Crippen LogP contribution in [-0.2, 0) is 22.4 Å². The molecule has 0 saturated carbocycles. The van der Waals surface area contributed by atoms with Gasteiger partial charge in [-0.15, -0.1) is 15.3 Å². The van der Waals surface area contributed by atoms with E-state index in [-0.39, 0.29) is 23.7 Å². The summed E-state index contributed by atoms with van der Waals surface area (Å²) in [6, 6.07) is 13.4. The molecule has 2 N–H and O–H groups in total. The van der Waals surface area contributed by atoms with Gasteiger partial charge in [0.05, 0.1) is 17.5 Å². The molecule has 2 unspecified atom stereocenters. The molecule has 2 aromatic heterocycles. The summed E-state index contributed by atoms with van der Waals surface area (Å²) >= 11 is 1.41. The molecule has 1 aromatic carbocycles. The third-order valence-corrected chi connectivity index (χ3v) is 7.25. The molecule has 0 radical (unpaired) electrons. The van der Waals surface area contributed by atoms with Crippen LogP contribution in [0.25, 0.3) is 0 Å². The molecule has 1 aliphatic rings. The Morgan fingerprint density at radius 1 is 0.865 bits per heavy atom. The van der Waals surface area contributed by atoms with Gasteiger partial charge in [0.2, 0.25) is 16.9 Å². The molecule has 0 saturated heterocycles. The number of hydrogen-bond acceptors (Lipinski definition) is 7. The number of nitrogens with one attached hydrogen (secondary N) is 2. The van der Waals surface area contributed by atoms with Gasteiger partial charge >= 0.3 is 0 Å². The predicted octanol–water partition coefficient (Wildman–Crippen LogP) is 5.49. The Kier molecular flexibility index (Phi) is 9.26. The van der Waals surface area contributed by atoms with Crippen LogP contribution in [0.5, 0.6) is 0 Å². The molecule has 2 amide bonds. The van der Waals surface area contributed by atoms with Crippen molar-refractivity contribution < 1.29 is 9.59 Å². The van der Waals surface area contributed by atoms with E-state index >= 15 is 0 Å². The van der Waals surface area contributed by atoms with Crippen molar-refractivity contribution in [1.29, 1.82) is 0 Å². The number of aryl methyl sites for hydroxylation is 2. The monoisotopic (exact) mass is 516 g/mol. The number of rotatable bonds is 11. The molecule has 0 spiro atoms. The summed E-state index contributed by atoms with van der Waals surface area (Å²) in [5.41, 5.74) is 2.89. The molecular weight excluding hydrogens is 484 g/mol. The first-order valence-corrected chi connectivity index (χ1v) is 13.5. The van der Waals surface area contributed by atoms with E-state index < -0.39 is 0 Å². The van der Waals surface area contributed by atoms with E-state index in [2.05, 4.69) is 43.2 Å². The van der Waals surface area contributed by atoms with Gasteiger partial charge in [0.15, 0.2) is 5.82 Å². The largest absolute Gasteiger partial charge is 0.309 e. The van der Waals surface area contributed by atoms with Crippen molar-refractivity contribution in [3.63, 3.8) is 0 Å². The van der Waals surface area contributed by atoms with Crippen LogP contribution < -0.4 is 10.6 Å². The van der Waals surface area contributed by atoms with E-state index in [4.69, 9.17) is 0 Å². The maximum absolute atomic E-state index is 12.5. The summed E-state index contributed by atoms with van der Waals surface area (Å²) in [6.07, 6.45) is 11.6. The lowest BCUT2D eigenvalue weighted by molar-refractivity contribution is -0.118. The van der Waals surface area contributed by atoms with Crippen LogP contribution >= 0.6 is 11.3 Å². The first kappa shape index (κ1) is 26.3. The van der Waals surface area contributed by atoms with Crippen LogP contribution in [-0.4, -0.2) is 32.2 Å². The summed E-state index contributed by atoms with van der Waals surface area (Å²) in [5.74, 6) is -0.193. The Hall–Kier alpha value is -3.72. The highest BCUT2D eigenvalue weighted by Crippen LogP contribution is 2.22. The van der Waals surface area contributed by atoms with Crippen molar-refractivity contribution >= 4 is 34.1 Å². The van der Waals surface area contributed by atoms with Crippen LogP contribution in [0, 0.1) is 5.92 Å². The topological polar surface area (TPSA) is 110 Å². The summed E-state index contributed by atoms with van der Waals surface area (Å²) in [4.78, 5) is 25.0. The second-order valence-electron chi connectivity index (χ2n) is 9.13. The minimum Gasteiger partial charge on any atom is -0.309 e. The van der Waals surface area contributed by atoms with E-state index in [0.29, 0.717) is 10.9 Å². The lowest BCUT2D eigenvalue weighted by Gasteiger charge is -2.15. The number of hydrogen-bond donors (Lipinski definition) is 2. The number of amides is 2. The van der Waals surface area contributed by atoms with Crippen molar-refractivity contribution in [2.45, 2.75) is 58.3 Å². The Balaban J connectivity index is 1.17. The van der Waals surface area contributed by atoms with E-state index in [9.17, 15) is 9.59 Å². The molecule has 0 bridgehead atoms. The fourth-order valence-corrected chi connectivity index (χ4v) is 4.78. The predicted molar refractivity (Wildman–Crippen MR) is 146 cm³/mol. The zero-order chi connectivity index (χ0) is 26.0. The van der Waals surface area contributed by atoms with E-state index in [1.54, 1.807) is 6.07 Å². The van der Waals surface area contributed by atoms with Gasteiger partial charge in [0.25, 0.3) is 0 Å². The van der Waals surface area contributed by atoms with Gasteiger partial charge in [-0.1, -0.05) is 59.9 Å². The maximum atomic E-state index is 12.5. The molecule has 9 heteroatoms. The molecule has 37 heavy (non-hydrogen) atoms. The number of aromatic nitrogens is 4. The summed E-state index contributed by atoms with van der Waals surface area (Å²) in [6.45, 7) is 3.78. The first-order chi connectivity index (χ1) is 18.0. The molecule has 192 valence electrons. The Labute approximate surface area is 221 Å². The van der Waals surface area contributed by atoms with Gasteiger partial charge in [-0.05, 0) is 69.2 Å². The minimum absolute atomic E-state index is 0.0815. The number of nitrogens with zero attached hydrogens (tertiary/aromatic N) is 4. The molecule has 0 aliphatic heterocycles. The Morgan fingerprint density at radius 3 is 2.38 bits per heavy atom. The highest BCUT2D eigenvalue weighted by Gasteiger charge is 2.18. The number of allylic oxidation sites excluding steroid dienone is 3. The standard InChI is InChI=1S/C28H32N6O2S/c1-19(21-11-5-3-6-12-21)26(35)29-24-18-17-23(31-32-24)15-9-10-16-25-33-34-28(37-25)30-27(36)20(2)22-13-7-4-8-14-22/h4-5,7-8,11-14,17-20H,3,6,9-10,15-16H2,1-2H3,(H,29,32,35)(H,30,34,36). The zero-order valence-corrected chi connectivity index (χ0v) is 22.0. The van der Waals surface area contributed by atoms with Gasteiger partial charge in [0, 0.05) is 6.42 Å². The molecule has 2 heterocycles. The number of anilines is 2. The SMILES string of the molecule is CC(C(=O)Nc1ccc(CCCCc2nnc(NC(=O)C(C)c3ccccc3)s2)nn1)C1=CCCC=C1. The Morgan fingerprint density at radius 2 is 1.65 bits per heavy atom. The van der Waals surface area contributed by atoms with E-state index in [1.807, 2.05) is 56.3 Å². The second-order valence-corrected chi connectivity index (χ2v) is 10.2. The molecule has 8 nitrogen and oxygen atoms in total. The maximum Gasteiger partial charge on any atom is 0.233 e. The summed E-state index contributed by atoms with van der Waals surface area (Å²) < 4.78 is 0. The lowest BCUT2D eigenvalue weighted by Crippen LogP contribution is -2.22. The normalized spacial score (nSPS) is 14.5. The van der Waals surface area contributed by atoms with Crippen LogP contribution in [0.4, 0.5) is 10.9 Å². The molecule has 2 atom stereocenters. The first-order valence-electron chi connectivity index (χ1n) is 12.7. The number of carbonyl (C=O) groups excluding carboxylic acids is 2. The number of carbonyl (C=O) groups is 2. The molecule has 1 aliphatic carbocycles. The average Bonchev–Trinajstić information content (AvgIpc) is 3.39. The fraction of sp³-hybridized carbons (Fsp3) is 0.357. The van der Waals surface area contributed by atoms with Crippen molar-refractivity contribution in [3.8, 4) is 0 Å². The molecule has 4 rings (SSSR count). The third kappa shape index (κ3) is 7.63. The van der Waals surface area contributed by atoms with Gasteiger partial charge in [-0.2, -0.15) is 5.10 Å². The fourth-order valence-electron chi connectivity index (χ4n) is 3.99. The van der Waals surface area contributed by atoms with E-state index in [1.165, 1.54) is 11.3 Å². The molecule has 3 aromatic rings. The van der Waals surface area contributed by atoms with Crippen LogP contribution in [0.2, 0.25) is 0 Å². The van der Waals surface area contributed by atoms with Crippen LogP contribution in [0.1, 0.15) is 61.7 Å². The summed E-state index contributed by atoms with van der Waals surface area (Å²) in [7, 11) is 0. The Bertz CT molecular complexity index is 1250. The summed E-state index contributed by atoms with van der Waals surface area (Å²) in [5, 5.41) is 23.9. The highest BCUT2D eigenvalue weighted by atomic mass is 32.1. The average molecular weight is 517 g/mol. The molecular formula is C28H32N6O2S. The second kappa shape index (κ2) is 13.0. The van der Waals surface area contributed by atoms with Crippen molar-refractivity contribution in [1.82, 2.24) is 20.4 Å². The van der Waals surface area contributed by atoms with Gasteiger partial charge in [-0.25, -0.2) is 0 Å². The third-order valence-electron chi connectivity index (χ3n) is 6.35. The number of benzene rings is 1. The van der Waals surface area contributed by atoms with Crippen LogP contribution in [0.15, 0.2) is 66.3 Å². The van der Waals surface area contributed by atoms with Gasteiger partial charge < -0.3 is 10.6 Å². The van der Waals surface area contributed by atoms with Crippen molar-refractivity contribution in [2.75, 3.05) is 10.6 Å². The van der Waals surface area contributed by atoms with Crippen molar-refractivity contribution in [2.24, 2.45) is 5.92 Å². The zero-order valence-electron chi connectivity index (χ0n) is 21.2. The van der Waals surface area contributed by atoms with Crippen LogP contribution in [0.3, 0.4) is 0 Å². The quantitative estimate of drug-likeness (QED) is 0.326. The van der Waals surface area contributed by atoms with Gasteiger partial charge in [0.1, 0.15) is 5.01 Å². The van der Waals surface area contributed by atoms with Gasteiger partial charge in [-0.3, -0.25) is 9.59 Å².